The minimum atomic E-state index is 0.679. The van der Waals surface area contributed by atoms with Crippen LogP contribution >= 0.6 is 23.2 Å². The van der Waals surface area contributed by atoms with Gasteiger partial charge in [-0.1, -0.05) is 96.0 Å². The molecule has 0 aliphatic heterocycles. The predicted molar refractivity (Wildman–Crippen MR) is 133 cm³/mol. The van der Waals surface area contributed by atoms with Crippen molar-refractivity contribution >= 4 is 46.0 Å². The van der Waals surface area contributed by atoms with Crippen LogP contribution < -0.4 is 0 Å². The van der Waals surface area contributed by atoms with Crippen molar-refractivity contribution < 1.29 is 0 Å². The molecular weight excluding hydrogens is 423 g/mol. The van der Waals surface area contributed by atoms with Crippen molar-refractivity contribution in [2.45, 2.75) is 0 Å². The minimum Gasteiger partial charge on any atom is -0.657 e. The zero-order valence-electron chi connectivity index (χ0n) is 16.6. The lowest BCUT2D eigenvalue weighted by atomic mass is 10.1. The van der Waals surface area contributed by atoms with E-state index in [4.69, 9.17) is 33.5 Å². The van der Waals surface area contributed by atoms with Gasteiger partial charge in [-0.15, -0.1) is 11.4 Å². The van der Waals surface area contributed by atoms with E-state index < -0.39 is 0 Å². The highest BCUT2D eigenvalue weighted by Crippen LogP contribution is 2.32. The van der Waals surface area contributed by atoms with E-state index in [2.05, 4.69) is 0 Å². The molecule has 0 unspecified atom stereocenters. The summed E-state index contributed by atoms with van der Waals surface area (Å²) in [5.74, 6) is 0. The maximum Gasteiger partial charge on any atom is 0.0697 e. The summed E-state index contributed by atoms with van der Waals surface area (Å²) in [5, 5.41) is 6.25. The standard InChI is InChI=1S/C27H19Cl2N2/c28-22-11-15-24(16-12-22)30-26(20-7-3-1-4-8-20)19-27(21-9-5-2-6-10-21)31-25-17-13-23(29)14-18-25/h1-19H/q-1/b26-19+,31-27?. The van der Waals surface area contributed by atoms with Crippen molar-refractivity contribution in [1.29, 1.82) is 0 Å². The van der Waals surface area contributed by atoms with Gasteiger partial charge in [0.15, 0.2) is 0 Å². The van der Waals surface area contributed by atoms with E-state index in [1.807, 2.05) is 115 Å². The van der Waals surface area contributed by atoms with Gasteiger partial charge in [0.2, 0.25) is 0 Å². The molecule has 4 aromatic rings. The minimum absolute atomic E-state index is 0.679. The number of nitrogens with zero attached hydrogens (tertiary/aromatic N) is 2. The van der Waals surface area contributed by atoms with Gasteiger partial charge in [-0.05, 0) is 48.0 Å². The summed E-state index contributed by atoms with van der Waals surface area (Å²) in [5.41, 5.74) is 5.24. The Hall–Kier alpha value is -3.33. The molecule has 0 fully saturated rings. The van der Waals surface area contributed by atoms with Crippen LogP contribution in [0.2, 0.25) is 10.0 Å². The van der Waals surface area contributed by atoms with E-state index in [9.17, 15) is 0 Å². The monoisotopic (exact) mass is 441 g/mol. The number of hydrogen-bond donors (Lipinski definition) is 0. The highest BCUT2D eigenvalue weighted by molar-refractivity contribution is 6.31. The molecule has 0 aliphatic carbocycles. The third-order valence-electron chi connectivity index (χ3n) is 4.56. The van der Waals surface area contributed by atoms with E-state index in [0.29, 0.717) is 10.0 Å². The zero-order chi connectivity index (χ0) is 21.5. The number of allylic oxidation sites excluding steroid dienone is 1. The average Bonchev–Trinajstić information content (AvgIpc) is 2.82. The number of halogens is 2. The summed E-state index contributed by atoms with van der Waals surface area (Å²) in [6, 6.07) is 35.1. The molecular formula is C27H19Cl2N2-. The van der Waals surface area contributed by atoms with E-state index in [1.165, 1.54) is 0 Å². The summed E-state index contributed by atoms with van der Waals surface area (Å²) < 4.78 is 0. The molecule has 0 aromatic heterocycles. The van der Waals surface area contributed by atoms with Crippen LogP contribution in [0.4, 0.5) is 11.4 Å². The Morgan fingerprint density at radius 3 is 1.71 bits per heavy atom. The number of benzene rings is 4. The van der Waals surface area contributed by atoms with Gasteiger partial charge in [-0.2, -0.15) is 0 Å². The maximum atomic E-state index is 6.05. The van der Waals surface area contributed by atoms with Crippen molar-refractivity contribution in [1.82, 2.24) is 0 Å². The molecule has 4 rings (SSSR count). The molecule has 4 aromatic carbocycles. The molecule has 4 heteroatoms. The molecule has 0 aliphatic rings. The van der Waals surface area contributed by atoms with Gasteiger partial charge in [0.25, 0.3) is 0 Å². The number of hydrogen-bond acceptors (Lipinski definition) is 1. The van der Waals surface area contributed by atoms with Crippen LogP contribution in [-0.4, -0.2) is 5.71 Å². The Balaban J connectivity index is 1.81. The van der Waals surface area contributed by atoms with Crippen LogP contribution in [0, 0.1) is 0 Å². The molecule has 0 spiro atoms. The number of aliphatic imine (C=N–C) groups is 1. The molecule has 0 N–H and O–H groups in total. The van der Waals surface area contributed by atoms with Gasteiger partial charge >= 0.3 is 0 Å². The van der Waals surface area contributed by atoms with Gasteiger partial charge in [0, 0.05) is 15.6 Å². The van der Waals surface area contributed by atoms with Gasteiger partial charge in [0.05, 0.1) is 11.4 Å². The summed E-state index contributed by atoms with van der Waals surface area (Å²) in [6.07, 6.45) is 2.01. The second-order valence-corrected chi connectivity index (χ2v) is 7.70. The smallest absolute Gasteiger partial charge is 0.0697 e. The fraction of sp³-hybridized carbons (Fsp3) is 0. The first-order valence-corrected chi connectivity index (χ1v) is 10.6. The molecule has 0 saturated carbocycles. The van der Waals surface area contributed by atoms with Gasteiger partial charge < -0.3 is 5.32 Å². The van der Waals surface area contributed by atoms with Crippen LogP contribution in [0.25, 0.3) is 11.0 Å². The van der Waals surface area contributed by atoms with Crippen molar-refractivity contribution in [2.75, 3.05) is 0 Å². The summed E-state index contributed by atoms with van der Waals surface area (Å²) >= 11 is 12.1. The van der Waals surface area contributed by atoms with Gasteiger partial charge in [0.1, 0.15) is 0 Å². The lowest BCUT2D eigenvalue weighted by Gasteiger charge is -2.27. The van der Waals surface area contributed by atoms with Crippen molar-refractivity contribution in [3.05, 3.63) is 142 Å². The Bertz CT molecular complexity index is 1180. The molecule has 0 heterocycles. The average molecular weight is 442 g/mol. The zero-order valence-corrected chi connectivity index (χ0v) is 18.1. The molecule has 2 nitrogen and oxygen atoms in total. The third kappa shape index (κ3) is 5.85. The van der Waals surface area contributed by atoms with Crippen molar-refractivity contribution in [3.8, 4) is 0 Å². The highest BCUT2D eigenvalue weighted by Gasteiger charge is 2.03. The van der Waals surface area contributed by atoms with Crippen molar-refractivity contribution in [2.24, 2.45) is 4.99 Å². The molecule has 0 amide bonds. The summed E-state index contributed by atoms with van der Waals surface area (Å²) in [7, 11) is 0. The van der Waals surface area contributed by atoms with Crippen molar-refractivity contribution in [3.63, 3.8) is 0 Å². The first kappa shape index (κ1) is 20.9. The van der Waals surface area contributed by atoms with E-state index in [0.717, 1.165) is 33.9 Å². The topological polar surface area (TPSA) is 26.5 Å². The fourth-order valence-electron chi connectivity index (χ4n) is 3.02. The second-order valence-electron chi connectivity index (χ2n) is 6.82. The Morgan fingerprint density at radius 1 is 0.613 bits per heavy atom. The van der Waals surface area contributed by atoms with E-state index >= 15 is 0 Å². The van der Waals surface area contributed by atoms with E-state index in [1.54, 1.807) is 0 Å². The molecule has 0 bridgehead atoms. The normalized spacial score (nSPS) is 11.9. The SMILES string of the molecule is Clc1ccc(N=C(/C=C(/[N-]c2ccc(Cl)cc2)c2ccccc2)c2ccccc2)cc1. The maximum absolute atomic E-state index is 6.05. The number of rotatable bonds is 6. The summed E-state index contributed by atoms with van der Waals surface area (Å²) in [6.45, 7) is 0. The quantitative estimate of drug-likeness (QED) is 0.267. The molecule has 0 radical (unpaired) electrons. The van der Waals surface area contributed by atoms with Crippen LogP contribution in [0.5, 0.6) is 0 Å². The molecule has 31 heavy (non-hydrogen) atoms. The van der Waals surface area contributed by atoms with Gasteiger partial charge in [-0.3, -0.25) is 0 Å². The molecule has 0 atom stereocenters. The third-order valence-corrected chi connectivity index (χ3v) is 5.07. The first-order chi connectivity index (χ1) is 15.2. The lowest BCUT2D eigenvalue weighted by Crippen LogP contribution is -1.98. The predicted octanol–water partition coefficient (Wildman–Crippen LogP) is 8.86. The highest BCUT2D eigenvalue weighted by atomic mass is 35.5. The van der Waals surface area contributed by atoms with Crippen LogP contribution in [0.3, 0.4) is 0 Å². The largest absolute Gasteiger partial charge is 0.657 e. The molecule has 152 valence electrons. The Morgan fingerprint density at radius 2 is 1.13 bits per heavy atom. The fourth-order valence-corrected chi connectivity index (χ4v) is 3.27. The summed E-state index contributed by atoms with van der Waals surface area (Å²) in [4.78, 5) is 4.89. The second kappa shape index (κ2) is 10.1. The Kier molecular flexibility index (Phi) is 6.83. The first-order valence-electron chi connectivity index (χ1n) is 9.81. The van der Waals surface area contributed by atoms with Crippen LogP contribution in [0.15, 0.2) is 120 Å². The van der Waals surface area contributed by atoms with Crippen LogP contribution in [-0.2, 0) is 0 Å². The van der Waals surface area contributed by atoms with Gasteiger partial charge in [-0.25, -0.2) is 4.99 Å². The molecule has 0 saturated heterocycles. The lowest BCUT2D eigenvalue weighted by molar-refractivity contribution is 1.50. The van der Waals surface area contributed by atoms with E-state index in [-0.39, 0.29) is 0 Å². The Labute approximate surface area is 192 Å². The van der Waals surface area contributed by atoms with Crippen LogP contribution in [0.1, 0.15) is 11.1 Å².